The lowest BCUT2D eigenvalue weighted by Crippen LogP contribution is -2.27. The first-order valence-corrected chi connectivity index (χ1v) is 7.77. The molecule has 0 spiro atoms. The molecular formula is C17H25NO2. The summed E-state index contributed by atoms with van der Waals surface area (Å²) < 4.78 is 11.9. The summed E-state index contributed by atoms with van der Waals surface area (Å²) in [6.45, 7) is 6.19. The maximum atomic E-state index is 5.99. The molecule has 2 aliphatic heterocycles. The highest BCUT2D eigenvalue weighted by Gasteiger charge is 2.32. The van der Waals surface area contributed by atoms with Gasteiger partial charge in [0.2, 0.25) is 0 Å². The minimum absolute atomic E-state index is 0.205. The predicted octanol–water partition coefficient (Wildman–Crippen LogP) is 3.43. The largest absolute Gasteiger partial charge is 0.493 e. The minimum atomic E-state index is 0.205. The Labute approximate surface area is 121 Å². The molecule has 3 heteroatoms. The molecule has 2 atom stereocenters. The number of rotatable bonds is 4. The molecule has 110 valence electrons. The monoisotopic (exact) mass is 275 g/mol. The Balaban J connectivity index is 1.80. The highest BCUT2D eigenvalue weighted by Crippen LogP contribution is 2.44. The van der Waals surface area contributed by atoms with E-state index < -0.39 is 0 Å². The second-order valence-corrected chi connectivity index (χ2v) is 6.35. The van der Waals surface area contributed by atoms with Gasteiger partial charge in [0, 0.05) is 17.5 Å². The third kappa shape index (κ3) is 2.64. The third-order valence-electron chi connectivity index (χ3n) is 4.47. The van der Waals surface area contributed by atoms with E-state index in [-0.39, 0.29) is 6.10 Å². The van der Waals surface area contributed by atoms with Crippen molar-refractivity contribution < 1.29 is 9.47 Å². The summed E-state index contributed by atoms with van der Waals surface area (Å²) in [5, 5.41) is 0. The smallest absolute Gasteiger partial charge is 0.126 e. The van der Waals surface area contributed by atoms with Crippen LogP contribution in [0.15, 0.2) is 18.2 Å². The van der Waals surface area contributed by atoms with Crippen molar-refractivity contribution in [2.75, 3.05) is 20.2 Å². The molecule has 0 saturated carbocycles. The Kier molecular flexibility index (Phi) is 3.88. The SMILES string of the molecule is CC(C)Oc1cccc2c1[C@@H](C[C@H]1CCCN1C)CO2. The van der Waals surface area contributed by atoms with Crippen LogP contribution in [0, 0.1) is 0 Å². The van der Waals surface area contributed by atoms with Crippen LogP contribution >= 0.6 is 0 Å². The second-order valence-electron chi connectivity index (χ2n) is 6.35. The van der Waals surface area contributed by atoms with Gasteiger partial charge in [0.15, 0.2) is 0 Å². The highest BCUT2D eigenvalue weighted by atomic mass is 16.5. The molecule has 0 unspecified atom stereocenters. The molecule has 0 bridgehead atoms. The molecule has 1 fully saturated rings. The van der Waals surface area contributed by atoms with Crippen molar-refractivity contribution in [3.8, 4) is 11.5 Å². The molecule has 1 aromatic rings. The van der Waals surface area contributed by atoms with E-state index in [4.69, 9.17) is 9.47 Å². The predicted molar refractivity (Wildman–Crippen MR) is 80.7 cm³/mol. The molecule has 2 heterocycles. The number of fused-ring (bicyclic) bond motifs is 1. The summed E-state index contributed by atoms with van der Waals surface area (Å²) in [6.07, 6.45) is 4.03. The molecule has 0 aromatic heterocycles. The minimum Gasteiger partial charge on any atom is -0.493 e. The maximum Gasteiger partial charge on any atom is 0.126 e. The summed E-state index contributed by atoms with van der Waals surface area (Å²) in [5.41, 5.74) is 1.29. The first kappa shape index (κ1) is 13.7. The molecule has 20 heavy (non-hydrogen) atoms. The molecule has 0 amide bonds. The van der Waals surface area contributed by atoms with Crippen LogP contribution in [-0.2, 0) is 0 Å². The van der Waals surface area contributed by atoms with Crippen molar-refractivity contribution in [3.63, 3.8) is 0 Å². The first-order chi connectivity index (χ1) is 9.65. The lowest BCUT2D eigenvalue weighted by atomic mass is 9.92. The Morgan fingerprint density at radius 3 is 2.95 bits per heavy atom. The summed E-state index contributed by atoms with van der Waals surface area (Å²) in [6, 6.07) is 6.88. The zero-order valence-corrected chi connectivity index (χ0v) is 12.8. The van der Waals surface area contributed by atoms with Crippen molar-refractivity contribution in [3.05, 3.63) is 23.8 Å². The fourth-order valence-electron chi connectivity index (χ4n) is 3.47. The Morgan fingerprint density at radius 1 is 1.40 bits per heavy atom. The number of nitrogens with zero attached hydrogens (tertiary/aromatic N) is 1. The lowest BCUT2D eigenvalue weighted by molar-refractivity contribution is 0.234. The van der Waals surface area contributed by atoms with Gasteiger partial charge in [-0.1, -0.05) is 6.07 Å². The van der Waals surface area contributed by atoms with E-state index in [9.17, 15) is 0 Å². The van der Waals surface area contributed by atoms with E-state index in [2.05, 4.69) is 37.9 Å². The van der Waals surface area contributed by atoms with Gasteiger partial charge < -0.3 is 14.4 Å². The van der Waals surface area contributed by atoms with Crippen LogP contribution in [0.2, 0.25) is 0 Å². The molecule has 0 N–H and O–H groups in total. The summed E-state index contributed by atoms with van der Waals surface area (Å²) in [7, 11) is 2.24. The standard InChI is InChI=1S/C17H25NO2/c1-12(2)20-16-8-4-7-15-17(16)13(11-19-15)10-14-6-5-9-18(14)3/h4,7-8,12-14H,5-6,9-11H2,1-3H3/t13-,14+/m0/s1. The van der Waals surface area contributed by atoms with E-state index in [1.54, 1.807) is 0 Å². The van der Waals surface area contributed by atoms with E-state index >= 15 is 0 Å². The van der Waals surface area contributed by atoms with Crippen molar-refractivity contribution in [1.29, 1.82) is 0 Å². The fourth-order valence-corrected chi connectivity index (χ4v) is 3.47. The summed E-state index contributed by atoms with van der Waals surface area (Å²) >= 11 is 0. The Morgan fingerprint density at radius 2 is 2.25 bits per heavy atom. The maximum absolute atomic E-state index is 5.99. The molecule has 3 rings (SSSR count). The van der Waals surface area contributed by atoms with Crippen molar-refractivity contribution in [1.82, 2.24) is 4.90 Å². The molecule has 0 aliphatic carbocycles. The molecule has 0 radical (unpaired) electrons. The third-order valence-corrected chi connectivity index (χ3v) is 4.47. The van der Waals surface area contributed by atoms with Gasteiger partial charge in [-0.25, -0.2) is 0 Å². The van der Waals surface area contributed by atoms with Crippen LogP contribution in [-0.4, -0.2) is 37.2 Å². The van der Waals surface area contributed by atoms with E-state index in [1.165, 1.54) is 31.4 Å². The number of hydrogen-bond acceptors (Lipinski definition) is 3. The van der Waals surface area contributed by atoms with Crippen LogP contribution in [0.4, 0.5) is 0 Å². The zero-order valence-electron chi connectivity index (χ0n) is 12.8. The second kappa shape index (κ2) is 5.65. The van der Waals surface area contributed by atoms with E-state index in [1.807, 2.05) is 6.07 Å². The van der Waals surface area contributed by atoms with Gasteiger partial charge in [-0.15, -0.1) is 0 Å². The molecule has 1 saturated heterocycles. The summed E-state index contributed by atoms with van der Waals surface area (Å²) in [4.78, 5) is 2.49. The van der Waals surface area contributed by atoms with Gasteiger partial charge in [-0.2, -0.15) is 0 Å². The van der Waals surface area contributed by atoms with Gasteiger partial charge in [-0.3, -0.25) is 0 Å². The number of ether oxygens (including phenoxy) is 2. The number of likely N-dealkylation sites (tertiary alicyclic amines) is 1. The Bertz CT molecular complexity index is 472. The average Bonchev–Trinajstić information content (AvgIpc) is 2.98. The fraction of sp³-hybridized carbons (Fsp3) is 0.647. The van der Waals surface area contributed by atoms with Crippen molar-refractivity contribution in [2.45, 2.75) is 51.2 Å². The quantitative estimate of drug-likeness (QED) is 0.840. The topological polar surface area (TPSA) is 21.7 Å². The Hall–Kier alpha value is -1.22. The summed E-state index contributed by atoms with van der Waals surface area (Å²) in [5.74, 6) is 2.51. The first-order valence-electron chi connectivity index (χ1n) is 7.77. The van der Waals surface area contributed by atoms with Crippen LogP contribution < -0.4 is 9.47 Å². The van der Waals surface area contributed by atoms with Gasteiger partial charge in [0.05, 0.1) is 12.7 Å². The van der Waals surface area contributed by atoms with Gasteiger partial charge >= 0.3 is 0 Å². The normalized spacial score (nSPS) is 25.8. The van der Waals surface area contributed by atoms with Crippen LogP contribution in [0.3, 0.4) is 0 Å². The average molecular weight is 275 g/mol. The van der Waals surface area contributed by atoms with E-state index in [0.717, 1.165) is 18.1 Å². The van der Waals surface area contributed by atoms with Crippen molar-refractivity contribution in [2.24, 2.45) is 0 Å². The number of hydrogen-bond donors (Lipinski definition) is 0. The van der Waals surface area contributed by atoms with Crippen molar-refractivity contribution >= 4 is 0 Å². The highest BCUT2D eigenvalue weighted by molar-refractivity contribution is 5.49. The van der Waals surface area contributed by atoms with Crippen LogP contribution in [0.5, 0.6) is 11.5 Å². The van der Waals surface area contributed by atoms with Crippen LogP contribution in [0.25, 0.3) is 0 Å². The number of benzene rings is 1. The molecule has 3 nitrogen and oxygen atoms in total. The van der Waals surface area contributed by atoms with Gasteiger partial charge in [-0.05, 0) is 58.8 Å². The van der Waals surface area contributed by atoms with E-state index in [0.29, 0.717) is 12.0 Å². The molecule has 2 aliphatic rings. The van der Waals surface area contributed by atoms with Gasteiger partial charge in [0.25, 0.3) is 0 Å². The lowest BCUT2D eigenvalue weighted by Gasteiger charge is -2.23. The van der Waals surface area contributed by atoms with Gasteiger partial charge in [0.1, 0.15) is 11.5 Å². The molecular weight excluding hydrogens is 250 g/mol. The zero-order chi connectivity index (χ0) is 14.1. The molecule has 1 aromatic carbocycles. The van der Waals surface area contributed by atoms with Crippen LogP contribution in [0.1, 0.15) is 44.6 Å².